The lowest BCUT2D eigenvalue weighted by molar-refractivity contribution is -0.123. The molecule has 2 rings (SSSR count). The number of carbonyl (C=O) groups is 1. The molecule has 0 spiro atoms. The van der Waals surface area contributed by atoms with E-state index in [1.165, 1.54) is 12.1 Å². The summed E-state index contributed by atoms with van der Waals surface area (Å²) in [7, 11) is -3.20. The lowest BCUT2D eigenvalue weighted by Crippen LogP contribution is -2.53. The highest BCUT2D eigenvalue weighted by Gasteiger charge is 2.41. The van der Waals surface area contributed by atoms with Crippen molar-refractivity contribution in [3.63, 3.8) is 0 Å². The Labute approximate surface area is 143 Å². The second kappa shape index (κ2) is 7.53. The summed E-state index contributed by atoms with van der Waals surface area (Å²) in [5, 5.41) is 3.04. The molecule has 0 aromatic heterocycles. The van der Waals surface area contributed by atoms with Crippen molar-refractivity contribution in [2.24, 2.45) is 11.7 Å². The van der Waals surface area contributed by atoms with E-state index in [9.17, 15) is 13.2 Å². The largest absolute Gasteiger partial charge is 0.494 e. The van der Waals surface area contributed by atoms with Crippen LogP contribution in [0.2, 0.25) is 0 Å². The van der Waals surface area contributed by atoms with Gasteiger partial charge in [-0.2, -0.15) is 0 Å². The lowest BCUT2D eigenvalue weighted by Gasteiger charge is -2.29. The average molecular weight is 354 g/mol. The molecule has 1 atom stereocenters. The summed E-state index contributed by atoms with van der Waals surface area (Å²) in [6.07, 6.45) is 4.38. The molecule has 1 saturated carbocycles. The fraction of sp³-hybridized carbons (Fsp3) is 0.588. The van der Waals surface area contributed by atoms with E-state index < -0.39 is 9.84 Å². The number of hydrogen-bond acceptors (Lipinski definition) is 5. The van der Waals surface area contributed by atoms with E-state index in [1.807, 2.05) is 6.92 Å². The van der Waals surface area contributed by atoms with Gasteiger partial charge in [0.1, 0.15) is 5.75 Å². The molecule has 134 valence electrons. The molecule has 1 aromatic rings. The molecule has 1 unspecified atom stereocenters. The first-order valence-corrected chi connectivity index (χ1v) is 10.1. The van der Waals surface area contributed by atoms with Gasteiger partial charge in [-0.15, -0.1) is 0 Å². The van der Waals surface area contributed by atoms with Crippen molar-refractivity contribution in [3.8, 4) is 5.75 Å². The van der Waals surface area contributed by atoms with Crippen molar-refractivity contribution in [1.29, 1.82) is 0 Å². The number of nitrogens with two attached hydrogens (primary N) is 1. The van der Waals surface area contributed by atoms with Gasteiger partial charge in [0, 0.05) is 19.2 Å². The molecule has 6 nitrogen and oxygen atoms in total. The van der Waals surface area contributed by atoms with Gasteiger partial charge in [0.2, 0.25) is 5.91 Å². The zero-order valence-electron chi connectivity index (χ0n) is 14.2. The van der Waals surface area contributed by atoms with Crippen LogP contribution in [-0.4, -0.2) is 39.3 Å². The van der Waals surface area contributed by atoms with Crippen molar-refractivity contribution >= 4 is 15.7 Å². The van der Waals surface area contributed by atoms with Crippen molar-refractivity contribution in [2.75, 3.05) is 19.4 Å². The van der Waals surface area contributed by atoms with Crippen LogP contribution in [0.25, 0.3) is 0 Å². The molecule has 0 saturated heterocycles. The van der Waals surface area contributed by atoms with Gasteiger partial charge in [-0.1, -0.05) is 0 Å². The van der Waals surface area contributed by atoms with Gasteiger partial charge in [-0.3, -0.25) is 4.79 Å². The van der Waals surface area contributed by atoms with E-state index in [1.54, 1.807) is 12.1 Å². The molecule has 0 heterocycles. The van der Waals surface area contributed by atoms with E-state index in [4.69, 9.17) is 10.5 Å². The second-order valence-corrected chi connectivity index (χ2v) is 8.66. The summed E-state index contributed by atoms with van der Waals surface area (Å²) in [4.78, 5) is 12.3. The number of rotatable bonds is 9. The van der Waals surface area contributed by atoms with Gasteiger partial charge >= 0.3 is 0 Å². The number of ether oxygens (including phenoxy) is 1. The molecule has 3 N–H and O–H groups in total. The summed E-state index contributed by atoms with van der Waals surface area (Å²) in [5.74, 6) is 1.08. The predicted octanol–water partition coefficient (Wildman–Crippen LogP) is 1.49. The number of hydrogen-bond donors (Lipinski definition) is 2. The Kier molecular flexibility index (Phi) is 5.87. The minimum Gasteiger partial charge on any atom is -0.494 e. The summed E-state index contributed by atoms with van der Waals surface area (Å²) >= 11 is 0. The highest BCUT2D eigenvalue weighted by atomic mass is 32.2. The van der Waals surface area contributed by atoms with Crippen molar-refractivity contribution in [3.05, 3.63) is 24.3 Å². The van der Waals surface area contributed by atoms with E-state index >= 15 is 0 Å². The number of sulfone groups is 1. The minimum absolute atomic E-state index is 0.00845. The fourth-order valence-corrected chi connectivity index (χ4v) is 3.26. The standard InChI is InChI=1S/C17H26N2O4S/c1-17(12-18,13-5-6-13)19-16(20)4-3-11-23-14-7-9-15(10-8-14)24(2,21)22/h7-10,13H,3-6,11-12,18H2,1-2H3,(H,19,20). The molecular weight excluding hydrogens is 328 g/mol. The van der Waals surface area contributed by atoms with Crippen LogP contribution >= 0.6 is 0 Å². The highest BCUT2D eigenvalue weighted by molar-refractivity contribution is 7.90. The van der Waals surface area contributed by atoms with Crippen LogP contribution in [0.5, 0.6) is 5.75 Å². The quantitative estimate of drug-likeness (QED) is 0.655. The topological polar surface area (TPSA) is 98.5 Å². The molecule has 1 fully saturated rings. The third-order valence-electron chi connectivity index (χ3n) is 4.40. The third kappa shape index (κ3) is 5.21. The molecule has 24 heavy (non-hydrogen) atoms. The Balaban J connectivity index is 1.71. The predicted molar refractivity (Wildman–Crippen MR) is 92.6 cm³/mol. The summed E-state index contributed by atoms with van der Waals surface area (Å²) in [6.45, 7) is 2.85. The normalized spacial score (nSPS) is 17.1. The summed E-state index contributed by atoms with van der Waals surface area (Å²) in [6, 6.07) is 6.27. The first-order valence-electron chi connectivity index (χ1n) is 8.18. The molecule has 0 aliphatic heterocycles. The third-order valence-corrected chi connectivity index (χ3v) is 5.52. The van der Waals surface area contributed by atoms with E-state index in [-0.39, 0.29) is 16.3 Å². The molecule has 0 radical (unpaired) electrons. The molecule has 1 amide bonds. The Morgan fingerprint density at radius 2 is 1.96 bits per heavy atom. The highest BCUT2D eigenvalue weighted by Crippen LogP contribution is 2.38. The maximum absolute atomic E-state index is 12.0. The minimum atomic E-state index is -3.20. The lowest BCUT2D eigenvalue weighted by atomic mass is 9.95. The van der Waals surface area contributed by atoms with Gasteiger partial charge in [-0.25, -0.2) is 8.42 Å². The fourth-order valence-electron chi connectivity index (χ4n) is 2.63. The molecule has 1 aliphatic rings. The second-order valence-electron chi connectivity index (χ2n) is 6.64. The van der Waals surface area contributed by atoms with Crippen LogP contribution in [-0.2, 0) is 14.6 Å². The summed E-state index contributed by atoms with van der Waals surface area (Å²) < 4.78 is 28.3. The molecule has 0 bridgehead atoms. The average Bonchev–Trinajstić information content (AvgIpc) is 3.36. The monoisotopic (exact) mass is 354 g/mol. The Morgan fingerprint density at radius 1 is 1.33 bits per heavy atom. The maximum Gasteiger partial charge on any atom is 0.220 e. The van der Waals surface area contributed by atoms with Crippen LogP contribution in [0, 0.1) is 5.92 Å². The van der Waals surface area contributed by atoms with Gasteiger partial charge in [0.25, 0.3) is 0 Å². The van der Waals surface area contributed by atoms with Crippen molar-refractivity contribution < 1.29 is 17.9 Å². The maximum atomic E-state index is 12.0. The number of benzene rings is 1. The number of nitrogens with one attached hydrogen (secondary N) is 1. The Hall–Kier alpha value is -1.60. The van der Waals surface area contributed by atoms with Crippen LogP contribution in [0.1, 0.15) is 32.6 Å². The van der Waals surface area contributed by atoms with Crippen molar-refractivity contribution in [2.45, 2.75) is 43.0 Å². The van der Waals surface area contributed by atoms with Crippen LogP contribution in [0.3, 0.4) is 0 Å². The number of carbonyl (C=O) groups excluding carboxylic acids is 1. The van der Waals surface area contributed by atoms with Gasteiger partial charge in [0.05, 0.1) is 17.0 Å². The Morgan fingerprint density at radius 3 is 2.46 bits per heavy atom. The van der Waals surface area contributed by atoms with E-state index in [0.717, 1.165) is 19.1 Å². The molecule has 1 aromatic carbocycles. The zero-order valence-corrected chi connectivity index (χ0v) is 15.1. The van der Waals surface area contributed by atoms with Crippen LogP contribution < -0.4 is 15.8 Å². The van der Waals surface area contributed by atoms with Gasteiger partial charge in [0.15, 0.2) is 9.84 Å². The van der Waals surface area contributed by atoms with Crippen molar-refractivity contribution in [1.82, 2.24) is 5.32 Å². The van der Waals surface area contributed by atoms with Gasteiger partial charge in [-0.05, 0) is 56.4 Å². The van der Waals surface area contributed by atoms with Crippen LogP contribution in [0.4, 0.5) is 0 Å². The molecular formula is C17H26N2O4S. The Bertz CT molecular complexity index is 668. The van der Waals surface area contributed by atoms with Crippen LogP contribution in [0.15, 0.2) is 29.2 Å². The zero-order chi connectivity index (χ0) is 17.8. The molecule has 7 heteroatoms. The smallest absolute Gasteiger partial charge is 0.220 e. The first-order chi connectivity index (χ1) is 11.2. The SMILES string of the molecule is CC(CN)(NC(=O)CCCOc1ccc(S(C)(=O)=O)cc1)C1CC1. The van der Waals surface area contributed by atoms with Gasteiger partial charge < -0.3 is 15.8 Å². The summed E-state index contributed by atoms with van der Waals surface area (Å²) in [5.41, 5.74) is 5.50. The number of amides is 1. The van der Waals surface area contributed by atoms with E-state index in [0.29, 0.717) is 37.7 Å². The molecule has 1 aliphatic carbocycles. The van der Waals surface area contributed by atoms with E-state index in [2.05, 4.69) is 5.32 Å². The first kappa shape index (κ1) is 18.7.